The van der Waals surface area contributed by atoms with Gasteiger partial charge in [0.25, 0.3) is 0 Å². The zero-order chi connectivity index (χ0) is 12.4. The molecule has 0 N–H and O–H groups in total. The molecule has 0 aliphatic carbocycles. The fourth-order valence-electron chi connectivity index (χ4n) is 1.45. The van der Waals surface area contributed by atoms with E-state index in [4.69, 9.17) is 11.6 Å². The smallest absolute Gasteiger partial charge is 0.170 e. The number of carbonyl (C=O) groups excluding carboxylic acids is 1. The third kappa shape index (κ3) is 2.92. The molecule has 1 aromatic heterocycles. The van der Waals surface area contributed by atoms with Gasteiger partial charge in [0, 0.05) is 23.3 Å². The number of benzene rings is 1. The van der Waals surface area contributed by atoms with Gasteiger partial charge in [-0.3, -0.25) is 9.48 Å². The van der Waals surface area contributed by atoms with Crippen LogP contribution in [0.4, 0.5) is 0 Å². The molecule has 1 heterocycles. The summed E-state index contributed by atoms with van der Waals surface area (Å²) in [5.74, 6) is -0.0724. The Bertz CT molecular complexity index is 568. The summed E-state index contributed by atoms with van der Waals surface area (Å²) in [6.07, 6.45) is 1.91. The summed E-state index contributed by atoms with van der Waals surface area (Å²) >= 11 is 9.29. The first kappa shape index (κ1) is 12.3. The number of aromatic nitrogens is 3. The van der Waals surface area contributed by atoms with Crippen molar-refractivity contribution in [3.05, 3.63) is 45.1 Å². The van der Waals surface area contributed by atoms with Crippen molar-refractivity contribution in [1.29, 1.82) is 0 Å². The van der Waals surface area contributed by atoms with Crippen LogP contribution >= 0.6 is 27.5 Å². The molecule has 0 atom stereocenters. The first-order valence-corrected chi connectivity index (χ1v) is 6.07. The van der Waals surface area contributed by atoms with Crippen LogP contribution < -0.4 is 0 Å². The lowest BCUT2D eigenvalue weighted by atomic mass is 10.1. The molecule has 0 aliphatic heterocycles. The summed E-state index contributed by atoms with van der Waals surface area (Å²) in [5.41, 5.74) is 1.13. The first-order chi connectivity index (χ1) is 8.06. The third-order valence-electron chi connectivity index (χ3n) is 2.22. The Morgan fingerprint density at radius 2 is 2.29 bits per heavy atom. The van der Waals surface area contributed by atoms with Crippen molar-refractivity contribution in [2.75, 3.05) is 0 Å². The molecule has 0 aliphatic rings. The van der Waals surface area contributed by atoms with E-state index in [0.717, 1.165) is 4.47 Å². The van der Waals surface area contributed by atoms with Gasteiger partial charge in [-0.05, 0) is 18.2 Å². The average molecular weight is 315 g/mol. The molecule has 1 aromatic carbocycles. The molecule has 6 heteroatoms. The molecule has 0 spiro atoms. The van der Waals surface area contributed by atoms with Gasteiger partial charge in [0.1, 0.15) is 0 Å². The maximum Gasteiger partial charge on any atom is 0.170 e. The van der Waals surface area contributed by atoms with E-state index >= 15 is 0 Å². The molecule has 0 radical (unpaired) electrons. The molecule has 2 rings (SSSR count). The summed E-state index contributed by atoms with van der Waals surface area (Å²) in [6, 6.07) is 5.19. The highest BCUT2D eigenvalue weighted by molar-refractivity contribution is 9.10. The van der Waals surface area contributed by atoms with Crippen molar-refractivity contribution in [3.8, 4) is 0 Å². The van der Waals surface area contributed by atoms with Crippen LogP contribution in [0.5, 0.6) is 0 Å². The van der Waals surface area contributed by atoms with Crippen LogP contribution in [0.2, 0.25) is 5.02 Å². The predicted molar refractivity (Wildman–Crippen MR) is 68.2 cm³/mol. The van der Waals surface area contributed by atoms with Crippen LogP contribution in [0, 0.1) is 0 Å². The lowest BCUT2D eigenvalue weighted by Gasteiger charge is -2.02. The second-order valence-electron chi connectivity index (χ2n) is 3.61. The molecular formula is C11H9BrClN3O. The van der Waals surface area contributed by atoms with Gasteiger partial charge in [0.15, 0.2) is 5.78 Å². The lowest BCUT2D eigenvalue weighted by molar-refractivity contribution is 0.0992. The third-order valence-corrected chi connectivity index (χ3v) is 3.04. The summed E-state index contributed by atoms with van der Waals surface area (Å²) in [7, 11) is 1.76. The van der Waals surface area contributed by atoms with E-state index in [2.05, 4.69) is 26.2 Å². The first-order valence-electron chi connectivity index (χ1n) is 4.89. The van der Waals surface area contributed by atoms with E-state index in [-0.39, 0.29) is 12.2 Å². The Labute approximate surface area is 112 Å². The van der Waals surface area contributed by atoms with Gasteiger partial charge in [-0.2, -0.15) is 0 Å². The van der Waals surface area contributed by atoms with E-state index in [1.807, 2.05) is 0 Å². The van der Waals surface area contributed by atoms with E-state index in [1.54, 1.807) is 36.1 Å². The predicted octanol–water partition coefficient (Wildman–Crippen LogP) is 2.66. The number of Topliss-reactive ketones (excluding diaryl/α,β-unsaturated/α-hetero) is 1. The Morgan fingerprint density at radius 3 is 2.94 bits per heavy atom. The number of hydrogen-bond acceptors (Lipinski definition) is 3. The van der Waals surface area contributed by atoms with Gasteiger partial charge in [0.2, 0.25) is 0 Å². The zero-order valence-electron chi connectivity index (χ0n) is 9.02. The number of halogens is 2. The summed E-state index contributed by atoms with van der Waals surface area (Å²) in [6.45, 7) is 0. The standard InChI is InChI=1S/C11H9BrClN3O/c1-16-6-8(14-15-16)5-11(17)9-4-7(12)2-3-10(9)13/h2-4,6H,5H2,1H3. The van der Waals surface area contributed by atoms with Gasteiger partial charge >= 0.3 is 0 Å². The molecule has 17 heavy (non-hydrogen) atoms. The van der Waals surface area contributed by atoms with Crippen LogP contribution in [0.3, 0.4) is 0 Å². The van der Waals surface area contributed by atoms with Crippen LogP contribution in [-0.4, -0.2) is 20.8 Å². The van der Waals surface area contributed by atoms with Crippen molar-refractivity contribution in [1.82, 2.24) is 15.0 Å². The quantitative estimate of drug-likeness (QED) is 0.818. The summed E-state index contributed by atoms with van der Waals surface area (Å²) in [5, 5.41) is 8.09. The topological polar surface area (TPSA) is 47.8 Å². The number of carbonyl (C=O) groups is 1. The van der Waals surface area contributed by atoms with Gasteiger partial charge in [0.05, 0.1) is 17.1 Å². The molecule has 0 saturated heterocycles. The number of ketones is 1. The molecule has 0 fully saturated rings. The maximum absolute atomic E-state index is 12.0. The monoisotopic (exact) mass is 313 g/mol. The van der Waals surface area contributed by atoms with Crippen molar-refractivity contribution in [2.24, 2.45) is 7.05 Å². The van der Waals surface area contributed by atoms with E-state index in [0.29, 0.717) is 16.3 Å². The second-order valence-corrected chi connectivity index (χ2v) is 4.93. The molecule has 2 aromatic rings. The number of rotatable bonds is 3. The van der Waals surface area contributed by atoms with Crippen LogP contribution in [0.25, 0.3) is 0 Å². The van der Waals surface area contributed by atoms with Gasteiger partial charge in [-0.1, -0.05) is 32.7 Å². The Hall–Kier alpha value is -1.20. The minimum atomic E-state index is -0.0724. The van der Waals surface area contributed by atoms with E-state index in [1.165, 1.54) is 0 Å². The maximum atomic E-state index is 12.0. The highest BCUT2D eigenvalue weighted by atomic mass is 79.9. The Morgan fingerprint density at radius 1 is 1.53 bits per heavy atom. The molecular weight excluding hydrogens is 305 g/mol. The zero-order valence-corrected chi connectivity index (χ0v) is 11.4. The number of nitrogens with zero attached hydrogens (tertiary/aromatic N) is 3. The molecule has 4 nitrogen and oxygen atoms in total. The fraction of sp³-hybridized carbons (Fsp3) is 0.182. The van der Waals surface area contributed by atoms with E-state index in [9.17, 15) is 4.79 Å². The summed E-state index contributed by atoms with van der Waals surface area (Å²) < 4.78 is 2.38. The Balaban J connectivity index is 2.22. The van der Waals surface area contributed by atoms with E-state index < -0.39 is 0 Å². The fourth-order valence-corrected chi connectivity index (χ4v) is 2.03. The normalized spacial score (nSPS) is 10.5. The van der Waals surface area contributed by atoms with Gasteiger partial charge < -0.3 is 0 Å². The second kappa shape index (κ2) is 4.98. The average Bonchev–Trinajstić information content (AvgIpc) is 2.67. The number of aryl methyl sites for hydroxylation is 1. The Kier molecular flexibility index (Phi) is 3.59. The lowest BCUT2D eigenvalue weighted by Crippen LogP contribution is -2.04. The van der Waals surface area contributed by atoms with Gasteiger partial charge in [-0.15, -0.1) is 5.10 Å². The highest BCUT2D eigenvalue weighted by Gasteiger charge is 2.13. The molecule has 0 unspecified atom stereocenters. The van der Waals surface area contributed by atoms with Crippen molar-refractivity contribution in [3.63, 3.8) is 0 Å². The number of hydrogen-bond donors (Lipinski definition) is 0. The van der Waals surface area contributed by atoms with Crippen LogP contribution in [-0.2, 0) is 13.5 Å². The minimum Gasteiger partial charge on any atom is -0.294 e. The SMILES string of the molecule is Cn1cc(CC(=O)c2cc(Br)ccc2Cl)nn1. The van der Waals surface area contributed by atoms with Crippen LogP contribution in [0.1, 0.15) is 16.1 Å². The van der Waals surface area contributed by atoms with Crippen molar-refractivity contribution in [2.45, 2.75) is 6.42 Å². The summed E-state index contributed by atoms with van der Waals surface area (Å²) in [4.78, 5) is 12.0. The molecule has 0 saturated carbocycles. The van der Waals surface area contributed by atoms with Crippen molar-refractivity contribution < 1.29 is 4.79 Å². The largest absolute Gasteiger partial charge is 0.294 e. The molecule has 88 valence electrons. The van der Waals surface area contributed by atoms with Gasteiger partial charge in [-0.25, -0.2) is 0 Å². The molecule has 0 amide bonds. The molecule has 0 bridgehead atoms. The highest BCUT2D eigenvalue weighted by Crippen LogP contribution is 2.22. The van der Waals surface area contributed by atoms with Crippen LogP contribution in [0.15, 0.2) is 28.9 Å². The minimum absolute atomic E-state index is 0.0724. The van der Waals surface area contributed by atoms with Crippen molar-refractivity contribution >= 4 is 33.3 Å².